The SMILES string of the molecule is CCCCOC(=S)Cc1cc(NC(=O)c2cccc(F)c2)c(F)cc1Br. The number of thiocarbonyl (C=S) groups is 1. The van der Waals surface area contributed by atoms with Gasteiger partial charge in [-0.15, -0.1) is 0 Å². The first-order valence-corrected chi connectivity index (χ1v) is 9.31. The number of benzene rings is 2. The molecule has 0 atom stereocenters. The van der Waals surface area contributed by atoms with Crippen molar-refractivity contribution in [3.63, 3.8) is 0 Å². The fraction of sp³-hybridized carbons (Fsp3) is 0.263. The summed E-state index contributed by atoms with van der Waals surface area (Å²) >= 11 is 8.49. The Morgan fingerprint density at radius 2 is 2.04 bits per heavy atom. The predicted octanol–water partition coefficient (Wildman–Crippen LogP) is 5.67. The smallest absolute Gasteiger partial charge is 0.255 e. The number of halogens is 3. The lowest BCUT2D eigenvalue weighted by Gasteiger charge is -2.12. The number of nitrogens with one attached hydrogen (secondary N) is 1. The van der Waals surface area contributed by atoms with Gasteiger partial charge in [-0.25, -0.2) is 8.78 Å². The van der Waals surface area contributed by atoms with Crippen LogP contribution in [-0.4, -0.2) is 17.6 Å². The number of carbonyl (C=O) groups is 1. The molecular weight excluding hydrogens is 424 g/mol. The lowest BCUT2D eigenvalue weighted by molar-refractivity contribution is 0.102. The molecule has 0 spiro atoms. The van der Waals surface area contributed by atoms with E-state index in [9.17, 15) is 13.6 Å². The maximum atomic E-state index is 14.2. The van der Waals surface area contributed by atoms with E-state index in [1.54, 1.807) is 0 Å². The molecule has 3 nitrogen and oxygen atoms in total. The topological polar surface area (TPSA) is 38.3 Å². The minimum Gasteiger partial charge on any atom is -0.487 e. The first-order chi connectivity index (χ1) is 12.4. The van der Waals surface area contributed by atoms with Crippen LogP contribution < -0.4 is 5.32 Å². The lowest BCUT2D eigenvalue weighted by Crippen LogP contribution is -2.14. The summed E-state index contributed by atoms with van der Waals surface area (Å²) < 4.78 is 33.4. The van der Waals surface area contributed by atoms with E-state index < -0.39 is 17.5 Å². The van der Waals surface area contributed by atoms with Crippen LogP contribution in [0.1, 0.15) is 35.7 Å². The van der Waals surface area contributed by atoms with Crippen molar-refractivity contribution in [3.05, 3.63) is 63.6 Å². The highest BCUT2D eigenvalue weighted by molar-refractivity contribution is 9.10. The van der Waals surface area contributed by atoms with Crippen LogP contribution in [0, 0.1) is 11.6 Å². The second kappa shape index (κ2) is 9.73. The Morgan fingerprint density at radius 3 is 2.73 bits per heavy atom. The summed E-state index contributed by atoms with van der Waals surface area (Å²) in [7, 11) is 0. The van der Waals surface area contributed by atoms with Crippen LogP contribution >= 0.6 is 28.1 Å². The zero-order valence-electron chi connectivity index (χ0n) is 14.2. The highest BCUT2D eigenvalue weighted by Crippen LogP contribution is 2.26. The quantitative estimate of drug-likeness (QED) is 0.444. The molecule has 0 heterocycles. The fourth-order valence-corrected chi connectivity index (χ4v) is 2.88. The molecule has 2 rings (SSSR count). The molecule has 2 aromatic rings. The Labute approximate surface area is 164 Å². The summed E-state index contributed by atoms with van der Waals surface area (Å²) in [5.41, 5.74) is 0.781. The van der Waals surface area contributed by atoms with E-state index in [0.717, 1.165) is 18.9 Å². The molecule has 2 aromatic carbocycles. The van der Waals surface area contributed by atoms with E-state index in [-0.39, 0.29) is 11.3 Å². The monoisotopic (exact) mass is 441 g/mol. The molecule has 138 valence electrons. The summed E-state index contributed by atoms with van der Waals surface area (Å²) in [6.45, 7) is 2.59. The molecule has 0 unspecified atom stereocenters. The van der Waals surface area contributed by atoms with E-state index in [0.29, 0.717) is 28.1 Å². The molecule has 0 aliphatic heterocycles. The molecule has 7 heteroatoms. The van der Waals surface area contributed by atoms with Crippen LogP contribution in [0.15, 0.2) is 40.9 Å². The van der Waals surface area contributed by atoms with Crippen LogP contribution in [0.4, 0.5) is 14.5 Å². The van der Waals surface area contributed by atoms with Crippen LogP contribution in [0.3, 0.4) is 0 Å². The van der Waals surface area contributed by atoms with Crippen LogP contribution in [0.5, 0.6) is 0 Å². The van der Waals surface area contributed by atoms with Crippen molar-refractivity contribution >= 4 is 44.8 Å². The molecule has 0 fully saturated rings. The van der Waals surface area contributed by atoms with Gasteiger partial charge in [0.05, 0.1) is 12.3 Å². The molecule has 0 aliphatic rings. The minimum absolute atomic E-state index is 0.00572. The molecule has 26 heavy (non-hydrogen) atoms. The van der Waals surface area contributed by atoms with Gasteiger partial charge >= 0.3 is 0 Å². The number of unbranched alkanes of at least 4 members (excludes halogenated alkanes) is 1. The Kier molecular flexibility index (Phi) is 7.66. The predicted molar refractivity (Wildman–Crippen MR) is 106 cm³/mol. The van der Waals surface area contributed by atoms with Crippen molar-refractivity contribution in [1.82, 2.24) is 0 Å². The largest absolute Gasteiger partial charge is 0.487 e. The standard InChI is InChI=1S/C19H18BrF2NO2S/c1-2-3-7-25-18(26)10-13-9-17(16(22)11-15(13)20)23-19(24)12-5-4-6-14(21)8-12/h4-6,8-9,11H,2-3,7,10H2,1H3,(H,23,24). The summed E-state index contributed by atoms with van der Waals surface area (Å²) in [5.74, 6) is -1.74. The van der Waals surface area contributed by atoms with Crippen LogP contribution in [0.2, 0.25) is 0 Å². The second-order valence-corrected chi connectivity index (χ2v) is 6.95. The van der Waals surface area contributed by atoms with E-state index in [4.69, 9.17) is 17.0 Å². The molecular formula is C19H18BrF2NO2S. The molecule has 0 aromatic heterocycles. The third-order valence-corrected chi connectivity index (χ3v) is 4.57. The number of hydrogen-bond donors (Lipinski definition) is 1. The van der Waals surface area contributed by atoms with Gasteiger partial charge in [0.25, 0.3) is 5.91 Å². The molecule has 0 saturated heterocycles. The minimum atomic E-state index is -0.608. The lowest BCUT2D eigenvalue weighted by atomic mass is 10.1. The van der Waals surface area contributed by atoms with Gasteiger partial charge in [0.2, 0.25) is 0 Å². The van der Waals surface area contributed by atoms with Crippen LogP contribution in [0.25, 0.3) is 0 Å². The highest BCUT2D eigenvalue weighted by atomic mass is 79.9. The average molecular weight is 442 g/mol. The summed E-state index contributed by atoms with van der Waals surface area (Å²) in [4.78, 5) is 12.2. The van der Waals surface area contributed by atoms with Gasteiger partial charge < -0.3 is 10.1 Å². The van der Waals surface area contributed by atoms with E-state index in [2.05, 4.69) is 28.2 Å². The highest BCUT2D eigenvalue weighted by Gasteiger charge is 2.14. The van der Waals surface area contributed by atoms with Crippen molar-refractivity contribution in [1.29, 1.82) is 0 Å². The number of carbonyl (C=O) groups excluding carboxylic acids is 1. The van der Waals surface area contributed by atoms with Crippen molar-refractivity contribution in [2.24, 2.45) is 0 Å². The van der Waals surface area contributed by atoms with E-state index in [1.165, 1.54) is 30.3 Å². The Bertz CT molecular complexity index is 814. The molecule has 0 aliphatic carbocycles. The Hall–Kier alpha value is -1.86. The van der Waals surface area contributed by atoms with Gasteiger partial charge in [-0.05, 0) is 54.5 Å². The number of anilines is 1. The van der Waals surface area contributed by atoms with Gasteiger partial charge in [0.15, 0.2) is 5.05 Å². The fourth-order valence-electron chi connectivity index (χ4n) is 2.19. The molecule has 1 N–H and O–H groups in total. The second-order valence-electron chi connectivity index (χ2n) is 5.64. The average Bonchev–Trinajstić information content (AvgIpc) is 2.59. The molecule has 0 radical (unpaired) electrons. The third kappa shape index (κ3) is 5.85. The first kappa shape index (κ1) is 20.5. The zero-order valence-corrected chi connectivity index (χ0v) is 16.6. The van der Waals surface area contributed by atoms with Gasteiger partial charge in [-0.1, -0.05) is 35.3 Å². The molecule has 0 bridgehead atoms. The summed E-state index contributed by atoms with van der Waals surface area (Å²) in [6.07, 6.45) is 2.21. The van der Waals surface area contributed by atoms with Gasteiger partial charge in [-0.3, -0.25) is 4.79 Å². The molecule has 1 amide bonds. The Morgan fingerprint density at radius 1 is 1.27 bits per heavy atom. The number of amides is 1. The van der Waals surface area contributed by atoms with Crippen molar-refractivity contribution in [3.8, 4) is 0 Å². The van der Waals surface area contributed by atoms with Crippen molar-refractivity contribution < 1.29 is 18.3 Å². The van der Waals surface area contributed by atoms with Gasteiger partial charge in [-0.2, -0.15) is 0 Å². The maximum absolute atomic E-state index is 14.2. The normalized spacial score (nSPS) is 10.5. The summed E-state index contributed by atoms with van der Waals surface area (Å²) in [6, 6.07) is 7.93. The third-order valence-electron chi connectivity index (χ3n) is 3.57. The zero-order chi connectivity index (χ0) is 19.1. The number of ether oxygens (including phenoxy) is 1. The number of rotatable bonds is 7. The van der Waals surface area contributed by atoms with Crippen LogP contribution in [-0.2, 0) is 11.2 Å². The summed E-state index contributed by atoms with van der Waals surface area (Å²) in [5, 5.41) is 2.86. The first-order valence-electron chi connectivity index (χ1n) is 8.11. The van der Waals surface area contributed by atoms with Gasteiger partial charge in [0.1, 0.15) is 11.6 Å². The van der Waals surface area contributed by atoms with Crippen molar-refractivity contribution in [2.45, 2.75) is 26.2 Å². The van der Waals surface area contributed by atoms with E-state index >= 15 is 0 Å². The Balaban J connectivity index is 2.14. The van der Waals surface area contributed by atoms with Gasteiger partial charge in [0, 0.05) is 16.5 Å². The molecule has 0 saturated carbocycles. The van der Waals surface area contributed by atoms with Crippen molar-refractivity contribution in [2.75, 3.05) is 11.9 Å². The maximum Gasteiger partial charge on any atom is 0.255 e. The number of hydrogen-bond acceptors (Lipinski definition) is 3. The van der Waals surface area contributed by atoms with E-state index in [1.807, 2.05) is 0 Å².